The highest BCUT2D eigenvalue weighted by molar-refractivity contribution is 7.99. The molecular formula is C15H13F2NS. The summed E-state index contributed by atoms with van der Waals surface area (Å²) in [4.78, 5) is 1.40. The van der Waals surface area contributed by atoms with Crippen molar-refractivity contribution in [1.82, 2.24) is 0 Å². The van der Waals surface area contributed by atoms with Crippen molar-refractivity contribution in [3.63, 3.8) is 0 Å². The average Bonchev–Trinajstić information content (AvgIpc) is 2.82. The first-order valence-electron chi connectivity index (χ1n) is 6.17. The van der Waals surface area contributed by atoms with Crippen molar-refractivity contribution in [3.05, 3.63) is 53.1 Å². The van der Waals surface area contributed by atoms with Crippen LogP contribution in [0.15, 0.2) is 40.1 Å². The van der Waals surface area contributed by atoms with E-state index >= 15 is 0 Å². The normalized spacial score (nSPS) is 13.6. The molecule has 0 spiro atoms. The van der Waals surface area contributed by atoms with Gasteiger partial charge in [-0.2, -0.15) is 0 Å². The first-order valence-corrected chi connectivity index (χ1v) is 6.99. The van der Waals surface area contributed by atoms with Gasteiger partial charge in [0.05, 0.1) is 5.69 Å². The Morgan fingerprint density at radius 2 is 1.79 bits per heavy atom. The van der Waals surface area contributed by atoms with Crippen molar-refractivity contribution in [1.29, 1.82) is 0 Å². The molecule has 0 heterocycles. The van der Waals surface area contributed by atoms with Crippen LogP contribution >= 0.6 is 11.8 Å². The van der Waals surface area contributed by atoms with E-state index in [1.54, 1.807) is 0 Å². The molecule has 0 aliphatic heterocycles. The second kappa shape index (κ2) is 4.85. The number of hydrogen-bond acceptors (Lipinski definition) is 2. The summed E-state index contributed by atoms with van der Waals surface area (Å²) < 4.78 is 26.6. The summed E-state index contributed by atoms with van der Waals surface area (Å²) in [5, 5.41) is 0. The molecule has 0 amide bonds. The van der Waals surface area contributed by atoms with Gasteiger partial charge >= 0.3 is 0 Å². The zero-order valence-electron chi connectivity index (χ0n) is 10.2. The fourth-order valence-electron chi connectivity index (χ4n) is 2.38. The standard InChI is InChI=1S/C15H13F2NS/c16-11-7-13(17)15(18)14(8-11)19-12-5-4-9-2-1-3-10(9)6-12/h4-8H,1-3,18H2. The van der Waals surface area contributed by atoms with Gasteiger partial charge in [-0.05, 0) is 48.6 Å². The largest absolute Gasteiger partial charge is 0.395 e. The predicted molar refractivity (Wildman–Crippen MR) is 73.4 cm³/mol. The van der Waals surface area contributed by atoms with Gasteiger partial charge in [0.2, 0.25) is 0 Å². The lowest BCUT2D eigenvalue weighted by Gasteiger charge is -2.08. The number of anilines is 1. The minimum Gasteiger partial charge on any atom is -0.395 e. The molecule has 2 N–H and O–H groups in total. The second-order valence-electron chi connectivity index (χ2n) is 4.69. The van der Waals surface area contributed by atoms with Gasteiger partial charge in [0, 0.05) is 15.9 Å². The molecule has 0 saturated carbocycles. The monoisotopic (exact) mass is 277 g/mol. The number of nitrogens with two attached hydrogens (primary N) is 1. The molecule has 0 unspecified atom stereocenters. The van der Waals surface area contributed by atoms with Crippen molar-refractivity contribution >= 4 is 17.4 Å². The Kier molecular flexibility index (Phi) is 3.19. The van der Waals surface area contributed by atoms with Crippen LogP contribution < -0.4 is 5.73 Å². The van der Waals surface area contributed by atoms with Crippen LogP contribution in [-0.4, -0.2) is 0 Å². The molecule has 0 atom stereocenters. The summed E-state index contributed by atoms with van der Waals surface area (Å²) in [6.07, 6.45) is 3.38. The van der Waals surface area contributed by atoms with Crippen LogP contribution in [0, 0.1) is 11.6 Å². The van der Waals surface area contributed by atoms with E-state index < -0.39 is 11.6 Å². The zero-order chi connectivity index (χ0) is 13.4. The van der Waals surface area contributed by atoms with E-state index in [0.29, 0.717) is 4.90 Å². The third kappa shape index (κ3) is 2.45. The Labute approximate surface area is 114 Å². The molecule has 4 heteroatoms. The summed E-state index contributed by atoms with van der Waals surface area (Å²) in [6, 6.07) is 8.25. The zero-order valence-corrected chi connectivity index (χ0v) is 11.1. The fraction of sp³-hybridized carbons (Fsp3) is 0.200. The molecule has 19 heavy (non-hydrogen) atoms. The molecule has 1 nitrogen and oxygen atoms in total. The van der Waals surface area contributed by atoms with Crippen LogP contribution in [0.3, 0.4) is 0 Å². The maximum atomic E-state index is 13.4. The Morgan fingerprint density at radius 1 is 1.00 bits per heavy atom. The van der Waals surface area contributed by atoms with E-state index in [1.165, 1.54) is 35.4 Å². The third-order valence-electron chi connectivity index (χ3n) is 3.35. The lowest BCUT2D eigenvalue weighted by molar-refractivity contribution is 0.581. The fourth-order valence-corrected chi connectivity index (χ4v) is 3.35. The van der Waals surface area contributed by atoms with Crippen molar-refractivity contribution in [2.45, 2.75) is 29.1 Å². The minimum absolute atomic E-state index is 0.00639. The highest BCUT2D eigenvalue weighted by Gasteiger charge is 2.13. The van der Waals surface area contributed by atoms with Crippen LogP contribution in [0.25, 0.3) is 0 Å². The average molecular weight is 277 g/mol. The summed E-state index contributed by atoms with van der Waals surface area (Å²) in [5.74, 6) is -1.31. The van der Waals surface area contributed by atoms with Gasteiger partial charge in [-0.15, -0.1) is 0 Å². The Balaban J connectivity index is 1.93. The number of aryl methyl sites for hydroxylation is 2. The summed E-state index contributed by atoms with van der Waals surface area (Å²) in [6.45, 7) is 0. The molecule has 0 radical (unpaired) electrons. The van der Waals surface area contributed by atoms with E-state index in [2.05, 4.69) is 12.1 Å². The number of rotatable bonds is 2. The molecule has 0 bridgehead atoms. The minimum atomic E-state index is -0.705. The molecule has 0 saturated heterocycles. The van der Waals surface area contributed by atoms with Gasteiger partial charge in [-0.25, -0.2) is 8.78 Å². The van der Waals surface area contributed by atoms with Gasteiger partial charge in [0.25, 0.3) is 0 Å². The number of halogens is 2. The van der Waals surface area contributed by atoms with Crippen LogP contribution in [0.4, 0.5) is 14.5 Å². The number of fused-ring (bicyclic) bond motifs is 1. The SMILES string of the molecule is Nc1c(F)cc(F)cc1Sc1ccc2c(c1)CCC2. The highest BCUT2D eigenvalue weighted by Crippen LogP contribution is 2.36. The number of nitrogen functional groups attached to an aromatic ring is 1. The van der Waals surface area contributed by atoms with E-state index in [0.717, 1.165) is 23.8 Å². The smallest absolute Gasteiger partial charge is 0.150 e. The third-order valence-corrected chi connectivity index (χ3v) is 4.40. The first kappa shape index (κ1) is 12.5. The molecule has 0 fully saturated rings. The topological polar surface area (TPSA) is 26.0 Å². The highest BCUT2D eigenvalue weighted by atomic mass is 32.2. The molecule has 3 rings (SSSR count). The van der Waals surface area contributed by atoms with Crippen LogP contribution in [0.5, 0.6) is 0 Å². The first-order chi connectivity index (χ1) is 9.13. The maximum Gasteiger partial charge on any atom is 0.150 e. The molecule has 2 aromatic carbocycles. The van der Waals surface area contributed by atoms with Crippen molar-refractivity contribution < 1.29 is 8.78 Å². The van der Waals surface area contributed by atoms with E-state index in [1.807, 2.05) is 6.07 Å². The van der Waals surface area contributed by atoms with Gasteiger partial charge in [-0.3, -0.25) is 0 Å². The van der Waals surface area contributed by atoms with Crippen LogP contribution in [-0.2, 0) is 12.8 Å². The van der Waals surface area contributed by atoms with E-state index in [4.69, 9.17) is 5.73 Å². The van der Waals surface area contributed by atoms with Gasteiger partial charge < -0.3 is 5.73 Å². The quantitative estimate of drug-likeness (QED) is 0.833. The maximum absolute atomic E-state index is 13.4. The molecular weight excluding hydrogens is 264 g/mol. The number of benzene rings is 2. The molecule has 1 aliphatic carbocycles. The van der Waals surface area contributed by atoms with Crippen LogP contribution in [0.2, 0.25) is 0 Å². The van der Waals surface area contributed by atoms with E-state index in [9.17, 15) is 8.78 Å². The Morgan fingerprint density at radius 3 is 2.63 bits per heavy atom. The van der Waals surface area contributed by atoms with Gasteiger partial charge in [0.1, 0.15) is 11.6 Å². The van der Waals surface area contributed by atoms with Gasteiger partial charge in [-0.1, -0.05) is 17.8 Å². The predicted octanol–water partition coefficient (Wildman–Crippen LogP) is 4.19. The second-order valence-corrected chi connectivity index (χ2v) is 5.80. The summed E-state index contributed by atoms with van der Waals surface area (Å²) in [5.41, 5.74) is 8.37. The Hall–Kier alpha value is -1.55. The number of hydrogen-bond donors (Lipinski definition) is 1. The molecule has 0 aromatic heterocycles. The van der Waals surface area contributed by atoms with Gasteiger partial charge in [0.15, 0.2) is 0 Å². The molecule has 98 valence electrons. The van der Waals surface area contributed by atoms with Crippen molar-refractivity contribution in [2.24, 2.45) is 0 Å². The summed E-state index contributed by atoms with van der Waals surface area (Å²) >= 11 is 1.30. The Bertz CT molecular complexity index is 640. The summed E-state index contributed by atoms with van der Waals surface area (Å²) in [7, 11) is 0. The molecule has 1 aliphatic rings. The van der Waals surface area contributed by atoms with Crippen molar-refractivity contribution in [2.75, 3.05) is 5.73 Å². The lowest BCUT2D eigenvalue weighted by Crippen LogP contribution is -1.95. The molecule has 2 aromatic rings. The van der Waals surface area contributed by atoms with E-state index in [-0.39, 0.29) is 5.69 Å². The van der Waals surface area contributed by atoms with Crippen LogP contribution in [0.1, 0.15) is 17.5 Å². The lowest BCUT2D eigenvalue weighted by atomic mass is 10.1. The van der Waals surface area contributed by atoms with Crippen molar-refractivity contribution in [3.8, 4) is 0 Å².